The Morgan fingerprint density at radius 3 is 2.29 bits per heavy atom. The minimum atomic E-state index is -3.36. The molecule has 0 bridgehead atoms. The lowest BCUT2D eigenvalue weighted by atomic mass is 10.0. The summed E-state index contributed by atoms with van der Waals surface area (Å²) < 4.78 is 32.4. The van der Waals surface area contributed by atoms with Gasteiger partial charge < -0.3 is 10.5 Å². The molecule has 0 unspecified atom stereocenters. The molecule has 1 aromatic rings. The third kappa shape index (κ3) is 3.16. The fraction of sp³-hybridized carbons (Fsp3) is 0.600. The molecule has 0 aromatic heterocycles. The van der Waals surface area contributed by atoms with Gasteiger partial charge in [-0.3, -0.25) is 0 Å². The number of sulfonamides is 1. The van der Waals surface area contributed by atoms with Crippen LogP contribution in [0.15, 0.2) is 24.3 Å². The molecule has 0 amide bonds. The van der Waals surface area contributed by atoms with E-state index in [1.807, 2.05) is 0 Å². The van der Waals surface area contributed by atoms with Crippen LogP contribution in [0.4, 0.5) is 5.69 Å². The summed E-state index contributed by atoms with van der Waals surface area (Å²) in [6, 6.07) is 7.02. The van der Waals surface area contributed by atoms with Crippen LogP contribution in [0.1, 0.15) is 27.7 Å². The Kier molecular flexibility index (Phi) is 3.97. The van der Waals surface area contributed by atoms with Crippen molar-refractivity contribution in [3.8, 4) is 5.75 Å². The van der Waals surface area contributed by atoms with Gasteiger partial charge in [0.15, 0.2) is 0 Å². The molecule has 3 N–H and O–H groups in total. The standard InChI is InChI=1S/C15H24N2O3S/c1-14(2)13(15(14,3)4)17-21(18,19)10-9-20-12-8-6-5-7-11(12)16/h5-8,13,17H,9-10,16H2,1-4H3. The van der Waals surface area contributed by atoms with Gasteiger partial charge in [0, 0.05) is 6.04 Å². The number of nitrogen functional groups attached to an aromatic ring is 1. The van der Waals surface area contributed by atoms with E-state index in [9.17, 15) is 8.42 Å². The van der Waals surface area contributed by atoms with Gasteiger partial charge in [-0.15, -0.1) is 0 Å². The molecule has 21 heavy (non-hydrogen) atoms. The highest BCUT2D eigenvalue weighted by Gasteiger charge is 2.65. The van der Waals surface area contributed by atoms with Crippen molar-refractivity contribution >= 4 is 15.7 Å². The van der Waals surface area contributed by atoms with Gasteiger partial charge in [0.1, 0.15) is 12.4 Å². The second-order valence-corrected chi connectivity index (χ2v) is 8.57. The second-order valence-electron chi connectivity index (χ2n) is 6.70. The summed E-state index contributed by atoms with van der Waals surface area (Å²) in [6.07, 6.45) is 0. The second kappa shape index (κ2) is 5.18. The van der Waals surface area contributed by atoms with E-state index in [4.69, 9.17) is 10.5 Å². The van der Waals surface area contributed by atoms with Crippen LogP contribution in [0.5, 0.6) is 5.75 Å². The highest BCUT2D eigenvalue weighted by Crippen LogP contribution is 2.62. The number of para-hydroxylation sites is 2. The van der Waals surface area contributed by atoms with E-state index in [0.29, 0.717) is 11.4 Å². The van der Waals surface area contributed by atoms with Crippen molar-refractivity contribution in [1.29, 1.82) is 0 Å². The predicted molar refractivity (Wildman–Crippen MR) is 84.6 cm³/mol. The van der Waals surface area contributed by atoms with Crippen LogP contribution in [0.25, 0.3) is 0 Å². The lowest BCUT2D eigenvalue weighted by Gasteiger charge is -2.10. The quantitative estimate of drug-likeness (QED) is 0.787. The zero-order valence-electron chi connectivity index (χ0n) is 13.0. The molecule has 1 aliphatic carbocycles. The molecule has 1 aromatic carbocycles. The van der Waals surface area contributed by atoms with Crippen LogP contribution in [0, 0.1) is 10.8 Å². The largest absolute Gasteiger partial charge is 0.490 e. The molecule has 1 aliphatic rings. The van der Waals surface area contributed by atoms with Crippen molar-refractivity contribution < 1.29 is 13.2 Å². The summed E-state index contributed by atoms with van der Waals surface area (Å²) in [5.41, 5.74) is 6.20. The van der Waals surface area contributed by atoms with Gasteiger partial charge >= 0.3 is 0 Å². The molecule has 6 heteroatoms. The minimum Gasteiger partial charge on any atom is -0.490 e. The number of nitrogens with one attached hydrogen (secondary N) is 1. The first kappa shape index (κ1) is 16.1. The van der Waals surface area contributed by atoms with E-state index >= 15 is 0 Å². The number of nitrogens with two attached hydrogens (primary N) is 1. The number of hydrogen-bond acceptors (Lipinski definition) is 4. The van der Waals surface area contributed by atoms with Crippen molar-refractivity contribution in [2.45, 2.75) is 33.7 Å². The third-order valence-corrected chi connectivity index (χ3v) is 6.15. The highest BCUT2D eigenvalue weighted by atomic mass is 32.2. The topological polar surface area (TPSA) is 81.4 Å². The average Bonchev–Trinajstić information content (AvgIpc) is 2.74. The number of hydrogen-bond donors (Lipinski definition) is 2. The molecule has 0 saturated heterocycles. The smallest absolute Gasteiger partial charge is 0.215 e. The number of ether oxygens (including phenoxy) is 1. The molecular weight excluding hydrogens is 288 g/mol. The Labute approximate surface area is 126 Å². The fourth-order valence-electron chi connectivity index (χ4n) is 2.60. The summed E-state index contributed by atoms with van der Waals surface area (Å²) in [6.45, 7) is 8.36. The van der Waals surface area contributed by atoms with Gasteiger partial charge in [-0.1, -0.05) is 39.8 Å². The minimum absolute atomic E-state index is 0.0230. The third-order valence-electron chi connectivity index (χ3n) is 4.85. The van der Waals surface area contributed by atoms with Crippen molar-refractivity contribution in [2.75, 3.05) is 18.1 Å². The van der Waals surface area contributed by atoms with Crippen LogP contribution >= 0.6 is 0 Å². The number of rotatable bonds is 6. The lowest BCUT2D eigenvalue weighted by Crippen LogP contribution is -2.33. The fourth-order valence-corrected chi connectivity index (χ4v) is 3.97. The number of benzene rings is 1. The van der Waals surface area contributed by atoms with E-state index in [1.54, 1.807) is 24.3 Å². The summed E-state index contributed by atoms with van der Waals surface area (Å²) in [7, 11) is -3.36. The van der Waals surface area contributed by atoms with E-state index in [-0.39, 0.29) is 29.2 Å². The molecule has 1 fully saturated rings. The van der Waals surface area contributed by atoms with Gasteiger partial charge in [0.25, 0.3) is 0 Å². The monoisotopic (exact) mass is 312 g/mol. The number of anilines is 1. The summed E-state index contributed by atoms with van der Waals surface area (Å²) >= 11 is 0. The Balaban J connectivity index is 1.87. The van der Waals surface area contributed by atoms with Crippen LogP contribution in [0.3, 0.4) is 0 Å². The normalized spacial score (nSPS) is 20.2. The molecule has 0 spiro atoms. The van der Waals surface area contributed by atoms with E-state index in [0.717, 1.165) is 0 Å². The van der Waals surface area contributed by atoms with Crippen LogP contribution in [-0.4, -0.2) is 26.8 Å². The van der Waals surface area contributed by atoms with E-state index in [1.165, 1.54) is 0 Å². The van der Waals surface area contributed by atoms with Gasteiger partial charge in [-0.05, 0) is 23.0 Å². The zero-order valence-corrected chi connectivity index (χ0v) is 13.8. The molecule has 1 saturated carbocycles. The van der Waals surface area contributed by atoms with E-state index in [2.05, 4.69) is 32.4 Å². The molecule has 0 heterocycles. The first-order valence-electron chi connectivity index (χ1n) is 7.05. The lowest BCUT2D eigenvalue weighted by molar-refractivity contribution is 0.342. The van der Waals surface area contributed by atoms with Crippen LogP contribution in [-0.2, 0) is 10.0 Å². The Bertz CT molecular complexity index is 610. The zero-order chi connectivity index (χ0) is 15.9. The predicted octanol–water partition coefficient (Wildman–Crippen LogP) is 2.00. The SMILES string of the molecule is CC1(C)C(NS(=O)(=O)CCOc2ccccc2N)C1(C)C. The first-order chi connectivity index (χ1) is 9.58. The van der Waals surface area contributed by atoms with Gasteiger partial charge in [0.2, 0.25) is 10.0 Å². The van der Waals surface area contributed by atoms with Crippen LogP contribution < -0.4 is 15.2 Å². The molecule has 118 valence electrons. The van der Waals surface area contributed by atoms with E-state index < -0.39 is 10.0 Å². The maximum atomic E-state index is 12.1. The summed E-state index contributed by atoms with van der Waals surface area (Å²) in [4.78, 5) is 0. The highest BCUT2D eigenvalue weighted by molar-refractivity contribution is 7.89. The molecule has 0 aliphatic heterocycles. The molecular formula is C15H24N2O3S. The van der Waals surface area contributed by atoms with Gasteiger partial charge in [0.05, 0.1) is 11.4 Å². The maximum absolute atomic E-state index is 12.1. The van der Waals surface area contributed by atoms with Crippen molar-refractivity contribution in [2.24, 2.45) is 10.8 Å². The molecule has 0 radical (unpaired) electrons. The molecule has 2 rings (SSSR count). The van der Waals surface area contributed by atoms with Crippen molar-refractivity contribution in [3.05, 3.63) is 24.3 Å². The van der Waals surface area contributed by atoms with Crippen molar-refractivity contribution in [1.82, 2.24) is 4.72 Å². The summed E-state index contributed by atoms with van der Waals surface area (Å²) in [5.74, 6) is 0.434. The Morgan fingerprint density at radius 1 is 1.19 bits per heavy atom. The van der Waals surface area contributed by atoms with Crippen LogP contribution in [0.2, 0.25) is 0 Å². The summed E-state index contributed by atoms with van der Waals surface area (Å²) in [5, 5.41) is 0. The Morgan fingerprint density at radius 2 is 1.76 bits per heavy atom. The van der Waals surface area contributed by atoms with Crippen molar-refractivity contribution in [3.63, 3.8) is 0 Å². The van der Waals surface area contributed by atoms with Gasteiger partial charge in [-0.2, -0.15) is 0 Å². The first-order valence-corrected chi connectivity index (χ1v) is 8.70. The molecule has 5 nitrogen and oxygen atoms in total. The van der Waals surface area contributed by atoms with Gasteiger partial charge in [-0.25, -0.2) is 13.1 Å². The maximum Gasteiger partial charge on any atom is 0.215 e. The Hall–Kier alpha value is -1.27. The average molecular weight is 312 g/mol. The molecule has 0 atom stereocenters.